The van der Waals surface area contributed by atoms with Crippen LogP contribution in [0.2, 0.25) is 0 Å². The summed E-state index contributed by atoms with van der Waals surface area (Å²) < 4.78 is 0. The van der Waals surface area contributed by atoms with Gasteiger partial charge in [0.15, 0.2) is 0 Å². The van der Waals surface area contributed by atoms with Crippen LogP contribution in [0.25, 0.3) is 0 Å². The van der Waals surface area contributed by atoms with Crippen molar-refractivity contribution in [3.8, 4) is 0 Å². The molecule has 1 aliphatic heterocycles. The molecule has 1 heterocycles. The van der Waals surface area contributed by atoms with E-state index in [0.717, 1.165) is 25.9 Å². The van der Waals surface area contributed by atoms with E-state index in [1.807, 2.05) is 32.7 Å². The van der Waals surface area contributed by atoms with Gasteiger partial charge in [-0.05, 0) is 25.8 Å². The average molecular weight is 242 g/mol. The highest BCUT2D eigenvalue weighted by molar-refractivity contribution is 5.75. The molecule has 3 heteroatoms. The van der Waals surface area contributed by atoms with Crippen LogP contribution in [0.5, 0.6) is 0 Å². The quantitative estimate of drug-likeness (QED) is 0.757. The lowest BCUT2D eigenvalue weighted by atomic mass is 10.0. The maximum Gasteiger partial charge on any atom is 0.222 e. The zero-order valence-electron chi connectivity index (χ0n) is 12.3. The van der Waals surface area contributed by atoms with Crippen LogP contribution in [0, 0.1) is 0 Å². The molecule has 0 aromatic carbocycles. The third-order valence-corrected chi connectivity index (χ3v) is 3.34. The minimum absolute atomic E-state index is 0.281. The van der Waals surface area contributed by atoms with Crippen molar-refractivity contribution in [2.24, 2.45) is 0 Å². The third-order valence-electron chi connectivity index (χ3n) is 3.34. The summed E-state index contributed by atoms with van der Waals surface area (Å²) in [5, 5.41) is 0. The van der Waals surface area contributed by atoms with Gasteiger partial charge in [-0.15, -0.1) is 0 Å². The van der Waals surface area contributed by atoms with Crippen LogP contribution in [0.1, 0.15) is 53.4 Å². The summed E-state index contributed by atoms with van der Waals surface area (Å²) >= 11 is 0. The van der Waals surface area contributed by atoms with Crippen molar-refractivity contribution in [3.05, 3.63) is 0 Å². The van der Waals surface area contributed by atoms with Crippen molar-refractivity contribution in [1.29, 1.82) is 0 Å². The lowest BCUT2D eigenvalue weighted by Gasteiger charge is -2.36. The molecule has 1 aliphatic rings. The fourth-order valence-electron chi connectivity index (χ4n) is 2.30. The second-order valence-electron chi connectivity index (χ2n) is 4.43. The summed E-state index contributed by atoms with van der Waals surface area (Å²) in [6.45, 7) is 11.7. The summed E-state index contributed by atoms with van der Waals surface area (Å²) in [6, 6.07) is 0.477. The Balaban J connectivity index is 0.00000121. The molecule has 0 atom stereocenters. The van der Waals surface area contributed by atoms with Crippen LogP contribution in [0.4, 0.5) is 0 Å². The molecule has 0 saturated carbocycles. The average Bonchev–Trinajstić information content (AvgIpc) is 2.40. The molecule has 102 valence electrons. The van der Waals surface area contributed by atoms with Gasteiger partial charge < -0.3 is 9.80 Å². The van der Waals surface area contributed by atoms with Crippen LogP contribution in [0.3, 0.4) is 0 Å². The highest BCUT2D eigenvalue weighted by atomic mass is 16.2. The Morgan fingerprint density at radius 3 is 2.18 bits per heavy atom. The molecule has 1 rings (SSSR count). The number of hydrogen-bond acceptors (Lipinski definition) is 2. The second kappa shape index (κ2) is 9.46. The lowest BCUT2D eigenvalue weighted by Crippen LogP contribution is -2.45. The lowest BCUT2D eigenvalue weighted by molar-refractivity contribution is -0.132. The molecule has 0 unspecified atom stereocenters. The maximum absolute atomic E-state index is 11.5. The van der Waals surface area contributed by atoms with Gasteiger partial charge in [0.05, 0.1) is 0 Å². The summed E-state index contributed by atoms with van der Waals surface area (Å²) in [4.78, 5) is 16.0. The van der Waals surface area contributed by atoms with Crippen LogP contribution in [-0.4, -0.2) is 48.4 Å². The minimum Gasteiger partial charge on any atom is -0.343 e. The Morgan fingerprint density at radius 1 is 1.24 bits per heavy atom. The van der Waals surface area contributed by atoms with Gasteiger partial charge in [0.25, 0.3) is 0 Å². The fraction of sp³-hybridized carbons (Fsp3) is 0.929. The molecule has 1 saturated heterocycles. The Morgan fingerprint density at radius 2 is 1.76 bits per heavy atom. The monoisotopic (exact) mass is 242 g/mol. The zero-order chi connectivity index (χ0) is 13.3. The minimum atomic E-state index is 0.281. The number of likely N-dealkylation sites (tertiary alicyclic amines) is 1. The predicted octanol–water partition coefficient (Wildman–Crippen LogP) is 2.76. The third kappa shape index (κ3) is 5.53. The van der Waals surface area contributed by atoms with Crippen molar-refractivity contribution < 1.29 is 4.79 Å². The SMILES string of the molecule is CC.CCCN1CCC(N(C)C(=O)CC)CC1. The van der Waals surface area contributed by atoms with Gasteiger partial charge in [-0.25, -0.2) is 0 Å². The maximum atomic E-state index is 11.5. The normalized spacial score (nSPS) is 17.2. The standard InChI is InChI=1S/C12H24N2O.C2H6/c1-4-8-14-9-6-11(7-10-14)13(3)12(15)5-2;1-2/h11H,4-10H2,1-3H3;1-2H3. The largest absolute Gasteiger partial charge is 0.343 e. The van der Waals surface area contributed by atoms with Crippen LogP contribution >= 0.6 is 0 Å². The first kappa shape index (κ1) is 16.4. The number of rotatable bonds is 4. The van der Waals surface area contributed by atoms with E-state index in [2.05, 4.69) is 11.8 Å². The van der Waals surface area contributed by atoms with Crippen molar-refractivity contribution in [2.45, 2.75) is 59.4 Å². The Hall–Kier alpha value is -0.570. The van der Waals surface area contributed by atoms with Gasteiger partial charge in [0, 0.05) is 32.6 Å². The molecule has 0 bridgehead atoms. The van der Waals surface area contributed by atoms with Crippen LogP contribution in [-0.2, 0) is 4.79 Å². The van der Waals surface area contributed by atoms with E-state index in [0.29, 0.717) is 12.5 Å². The first-order valence-corrected chi connectivity index (χ1v) is 7.17. The van der Waals surface area contributed by atoms with Gasteiger partial charge in [0.2, 0.25) is 5.91 Å². The molecule has 3 nitrogen and oxygen atoms in total. The highest BCUT2D eigenvalue weighted by Crippen LogP contribution is 2.16. The smallest absolute Gasteiger partial charge is 0.222 e. The zero-order valence-corrected chi connectivity index (χ0v) is 12.3. The number of nitrogens with zero attached hydrogens (tertiary/aromatic N) is 2. The van der Waals surface area contributed by atoms with Gasteiger partial charge in [-0.1, -0.05) is 27.7 Å². The van der Waals surface area contributed by atoms with E-state index in [1.54, 1.807) is 0 Å². The highest BCUT2D eigenvalue weighted by Gasteiger charge is 2.23. The number of piperidine rings is 1. The molecule has 1 fully saturated rings. The second-order valence-corrected chi connectivity index (χ2v) is 4.43. The first-order chi connectivity index (χ1) is 8.19. The molecular weight excluding hydrogens is 212 g/mol. The van der Waals surface area contributed by atoms with E-state index in [9.17, 15) is 4.79 Å². The van der Waals surface area contributed by atoms with E-state index >= 15 is 0 Å². The topological polar surface area (TPSA) is 23.6 Å². The molecule has 1 amide bonds. The van der Waals surface area contributed by atoms with Gasteiger partial charge in [0.1, 0.15) is 0 Å². The van der Waals surface area contributed by atoms with Gasteiger partial charge >= 0.3 is 0 Å². The van der Waals surface area contributed by atoms with Crippen molar-refractivity contribution >= 4 is 5.91 Å². The van der Waals surface area contributed by atoms with Gasteiger partial charge in [-0.3, -0.25) is 4.79 Å². The predicted molar refractivity (Wildman–Crippen MR) is 74.2 cm³/mol. The van der Waals surface area contributed by atoms with Crippen molar-refractivity contribution in [1.82, 2.24) is 9.80 Å². The van der Waals surface area contributed by atoms with E-state index in [4.69, 9.17) is 0 Å². The number of amides is 1. The number of carbonyl (C=O) groups is 1. The molecule has 0 N–H and O–H groups in total. The molecule has 0 aromatic rings. The van der Waals surface area contributed by atoms with Crippen LogP contribution < -0.4 is 0 Å². The Labute approximate surface area is 107 Å². The first-order valence-electron chi connectivity index (χ1n) is 7.17. The molecule has 0 spiro atoms. The van der Waals surface area contributed by atoms with Gasteiger partial charge in [-0.2, -0.15) is 0 Å². The summed E-state index contributed by atoms with van der Waals surface area (Å²) in [5.41, 5.74) is 0. The van der Waals surface area contributed by atoms with Crippen molar-refractivity contribution in [3.63, 3.8) is 0 Å². The number of carbonyl (C=O) groups excluding carboxylic acids is 1. The van der Waals surface area contributed by atoms with Crippen molar-refractivity contribution in [2.75, 3.05) is 26.7 Å². The molecule has 0 radical (unpaired) electrons. The molecular formula is C14H30N2O. The van der Waals surface area contributed by atoms with E-state index in [1.165, 1.54) is 13.0 Å². The summed E-state index contributed by atoms with van der Waals surface area (Å²) in [6.07, 6.45) is 4.14. The van der Waals surface area contributed by atoms with Crippen LogP contribution in [0.15, 0.2) is 0 Å². The molecule has 17 heavy (non-hydrogen) atoms. The Kier molecular flexibility index (Phi) is 9.14. The summed E-state index contributed by atoms with van der Waals surface area (Å²) in [7, 11) is 1.95. The summed E-state index contributed by atoms with van der Waals surface area (Å²) in [5.74, 6) is 0.281. The molecule has 0 aliphatic carbocycles. The fourth-order valence-corrected chi connectivity index (χ4v) is 2.30. The molecule has 0 aromatic heterocycles. The van der Waals surface area contributed by atoms with E-state index in [-0.39, 0.29) is 5.91 Å². The number of hydrogen-bond donors (Lipinski definition) is 0. The Bertz CT molecular complexity index is 198. The van der Waals surface area contributed by atoms with E-state index < -0.39 is 0 Å².